The second-order valence-corrected chi connectivity index (χ2v) is 7.38. The summed E-state index contributed by atoms with van der Waals surface area (Å²) in [6, 6.07) is 28.4. The van der Waals surface area contributed by atoms with Gasteiger partial charge in [-0.1, -0.05) is 84.4 Å². The minimum absolute atomic E-state index is 0.179. The van der Waals surface area contributed by atoms with Crippen molar-refractivity contribution in [2.24, 2.45) is 0 Å². The first-order valence-corrected chi connectivity index (χ1v) is 9.66. The largest absolute Gasteiger partial charge is 0.348 e. The standard InChI is InChI=1S/C24H22N4/c1-17-7-9-21(10-8-17)23-15-22(27-24-25-16-26-28(23)24)20-13-11-19(12-14-20)18-5-3-2-4-6-18/h2-14,16,22-23H,15H2,1H3,(H,25,26,27)/t22-,23-/m0/s1. The lowest BCUT2D eigenvalue weighted by atomic mass is 9.92. The van der Waals surface area contributed by atoms with Crippen LogP contribution in [-0.4, -0.2) is 14.8 Å². The molecule has 0 amide bonds. The molecule has 138 valence electrons. The smallest absolute Gasteiger partial charge is 0.222 e. The van der Waals surface area contributed by atoms with Crippen LogP contribution in [0.4, 0.5) is 5.95 Å². The fourth-order valence-corrected chi connectivity index (χ4v) is 3.94. The van der Waals surface area contributed by atoms with E-state index in [1.54, 1.807) is 6.33 Å². The van der Waals surface area contributed by atoms with Gasteiger partial charge in [-0.25, -0.2) is 4.68 Å². The molecule has 0 saturated heterocycles. The minimum Gasteiger partial charge on any atom is -0.348 e. The van der Waals surface area contributed by atoms with Crippen LogP contribution in [-0.2, 0) is 0 Å². The lowest BCUT2D eigenvalue weighted by Gasteiger charge is -2.32. The fraction of sp³-hybridized carbons (Fsp3) is 0.167. The molecule has 0 saturated carbocycles. The molecule has 1 N–H and O–H groups in total. The van der Waals surface area contributed by atoms with Gasteiger partial charge in [-0.05, 0) is 35.6 Å². The van der Waals surface area contributed by atoms with Gasteiger partial charge in [0.1, 0.15) is 6.33 Å². The number of nitrogens with one attached hydrogen (secondary N) is 1. The summed E-state index contributed by atoms with van der Waals surface area (Å²) in [5, 5.41) is 8.01. The molecule has 1 aliphatic heterocycles. The first-order chi connectivity index (χ1) is 13.8. The quantitative estimate of drug-likeness (QED) is 0.528. The van der Waals surface area contributed by atoms with Gasteiger partial charge in [0.05, 0.1) is 12.1 Å². The maximum absolute atomic E-state index is 4.46. The zero-order chi connectivity index (χ0) is 18.9. The van der Waals surface area contributed by atoms with E-state index in [0.29, 0.717) is 0 Å². The van der Waals surface area contributed by atoms with Crippen LogP contribution in [0, 0.1) is 6.92 Å². The monoisotopic (exact) mass is 366 g/mol. The maximum atomic E-state index is 4.46. The third kappa shape index (κ3) is 3.07. The van der Waals surface area contributed by atoms with Crippen LogP contribution in [0.3, 0.4) is 0 Å². The number of fused-ring (bicyclic) bond motifs is 1. The SMILES string of the molecule is Cc1ccc([C@@H]2C[C@@H](c3ccc(-c4ccccc4)cc3)Nc3ncnn32)cc1. The Morgan fingerprint density at radius 1 is 0.821 bits per heavy atom. The number of nitrogens with zero attached hydrogens (tertiary/aromatic N) is 3. The van der Waals surface area contributed by atoms with Crippen LogP contribution in [0.1, 0.15) is 35.2 Å². The van der Waals surface area contributed by atoms with Gasteiger partial charge in [-0.15, -0.1) is 0 Å². The maximum Gasteiger partial charge on any atom is 0.222 e. The molecule has 0 fully saturated rings. The van der Waals surface area contributed by atoms with Crippen molar-refractivity contribution in [3.8, 4) is 11.1 Å². The van der Waals surface area contributed by atoms with E-state index in [9.17, 15) is 0 Å². The van der Waals surface area contributed by atoms with Crippen molar-refractivity contribution in [3.63, 3.8) is 0 Å². The highest BCUT2D eigenvalue weighted by Crippen LogP contribution is 2.37. The van der Waals surface area contributed by atoms with Gasteiger partial charge in [0.25, 0.3) is 0 Å². The van der Waals surface area contributed by atoms with E-state index in [0.717, 1.165) is 12.4 Å². The third-order valence-corrected chi connectivity index (χ3v) is 5.51. The third-order valence-electron chi connectivity index (χ3n) is 5.51. The number of aryl methyl sites for hydroxylation is 1. The van der Waals surface area contributed by atoms with Crippen LogP contribution in [0.2, 0.25) is 0 Å². The normalized spacial score (nSPS) is 18.3. The summed E-state index contributed by atoms with van der Waals surface area (Å²) in [5.41, 5.74) is 6.28. The van der Waals surface area contributed by atoms with Gasteiger partial charge >= 0.3 is 0 Å². The molecule has 0 spiro atoms. The second kappa shape index (κ2) is 6.97. The molecule has 0 bridgehead atoms. The summed E-state index contributed by atoms with van der Waals surface area (Å²) < 4.78 is 2.00. The highest BCUT2D eigenvalue weighted by Gasteiger charge is 2.29. The Morgan fingerprint density at radius 3 is 2.25 bits per heavy atom. The van der Waals surface area contributed by atoms with Crippen molar-refractivity contribution < 1.29 is 0 Å². The molecule has 4 aromatic rings. The van der Waals surface area contributed by atoms with Crippen molar-refractivity contribution >= 4 is 5.95 Å². The van der Waals surface area contributed by atoms with Crippen molar-refractivity contribution in [1.82, 2.24) is 14.8 Å². The molecule has 1 aromatic heterocycles. The fourth-order valence-electron chi connectivity index (χ4n) is 3.94. The van der Waals surface area contributed by atoms with Crippen LogP contribution >= 0.6 is 0 Å². The topological polar surface area (TPSA) is 42.7 Å². The molecule has 28 heavy (non-hydrogen) atoms. The van der Waals surface area contributed by atoms with Crippen LogP contribution in [0.15, 0.2) is 85.2 Å². The molecule has 4 heteroatoms. The average Bonchev–Trinajstić information content (AvgIpc) is 3.23. The molecule has 0 aliphatic carbocycles. The average molecular weight is 366 g/mol. The molecule has 2 heterocycles. The van der Waals surface area contributed by atoms with E-state index in [-0.39, 0.29) is 12.1 Å². The van der Waals surface area contributed by atoms with E-state index in [1.165, 1.54) is 27.8 Å². The van der Waals surface area contributed by atoms with Gasteiger partial charge in [-0.2, -0.15) is 10.1 Å². The Morgan fingerprint density at radius 2 is 1.50 bits per heavy atom. The zero-order valence-corrected chi connectivity index (χ0v) is 15.8. The Labute approximate surface area is 164 Å². The van der Waals surface area contributed by atoms with Crippen molar-refractivity contribution in [2.75, 3.05) is 5.32 Å². The summed E-state index contributed by atoms with van der Waals surface area (Å²) in [7, 11) is 0. The molecular weight excluding hydrogens is 344 g/mol. The highest BCUT2D eigenvalue weighted by atomic mass is 15.4. The molecule has 0 radical (unpaired) electrons. The van der Waals surface area contributed by atoms with Gasteiger partial charge < -0.3 is 5.32 Å². The van der Waals surface area contributed by atoms with Gasteiger partial charge in [0.2, 0.25) is 5.95 Å². The Bertz CT molecular complexity index is 1070. The summed E-state index contributed by atoms with van der Waals surface area (Å²) in [5.74, 6) is 0.828. The van der Waals surface area contributed by atoms with E-state index >= 15 is 0 Å². The second-order valence-electron chi connectivity index (χ2n) is 7.38. The van der Waals surface area contributed by atoms with Gasteiger partial charge in [0, 0.05) is 0 Å². The number of benzene rings is 3. The van der Waals surface area contributed by atoms with E-state index < -0.39 is 0 Å². The molecule has 2 atom stereocenters. The van der Waals surface area contributed by atoms with Crippen LogP contribution < -0.4 is 5.32 Å². The molecule has 1 aliphatic rings. The zero-order valence-electron chi connectivity index (χ0n) is 15.8. The highest BCUT2D eigenvalue weighted by molar-refractivity contribution is 5.63. The lowest BCUT2D eigenvalue weighted by molar-refractivity contribution is 0.431. The van der Waals surface area contributed by atoms with Crippen LogP contribution in [0.25, 0.3) is 11.1 Å². The van der Waals surface area contributed by atoms with Crippen molar-refractivity contribution in [3.05, 3.63) is 102 Å². The van der Waals surface area contributed by atoms with Crippen LogP contribution in [0.5, 0.6) is 0 Å². The van der Waals surface area contributed by atoms with Gasteiger partial charge in [0.15, 0.2) is 0 Å². The predicted molar refractivity (Wildman–Crippen MR) is 112 cm³/mol. The van der Waals surface area contributed by atoms with E-state index in [1.807, 2.05) is 10.7 Å². The Balaban J connectivity index is 1.45. The first-order valence-electron chi connectivity index (χ1n) is 9.66. The first kappa shape index (κ1) is 16.8. The van der Waals surface area contributed by atoms with Gasteiger partial charge in [-0.3, -0.25) is 0 Å². The van der Waals surface area contributed by atoms with Crippen molar-refractivity contribution in [2.45, 2.75) is 25.4 Å². The Kier molecular flexibility index (Phi) is 4.17. The molecule has 4 nitrogen and oxygen atoms in total. The predicted octanol–water partition coefficient (Wildman–Crippen LogP) is 5.40. The number of rotatable bonds is 3. The number of hydrogen-bond acceptors (Lipinski definition) is 3. The molecule has 3 aromatic carbocycles. The summed E-state index contributed by atoms with van der Waals surface area (Å²) in [6.45, 7) is 2.12. The molecule has 5 rings (SSSR count). The van der Waals surface area contributed by atoms with E-state index in [4.69, 9.17) is 0 Å². The number of anilines is 1. The number of aromatic nitrogens is 3. The molecular formula is C24H22N4. The lowest BCUT2D eigenvalue weighted by Crippen LogP contribution is -2.28. The summed E-state index contributed by atoms with van der Waals surface area (Å²) in [4.78, 5) is 4.43. The summed E-state index contributed by atoms with van der Waals surface area (Å²) in [6.07, 6.45) is 2.56. The Hall–Kier alpha value is -3.40. The van der Waals surface area contributed by atoms with E-state index in [2.05, 4.69) is 95.1 Å². The minimum atomic E-state index is 0.179. The number of hydrogen-bond donors (Lipinski definition) is 1. The van der Waals surface area contributed by atoms with Crippen molar-refractivity contribution in [1.29, 1.82) is 0 Å². The molecule has 0 unspecified atom stereocenters. The summed E-state index contributed by atoms with van der Waals surface area (Å²) >= 11 is 0.